The molecule has 1 aromatic carbocycles. The monoisotopic (exact) mass is 260 g/mol. The average molecular weight is 260 g/mol. The highest BCUT2D eigenvalue weighted by atomic mass is 16.5. The second-order valence-electron chi connectivity index (χ2n) is 4.12. The van der Waals surface area contributed by atoms with Crippen LogP contribution in [0, 0.1) is 0 Å². The SMILES string of the molecule is O=C(O)c1ccc2c(c1)Oc1[nH]c(=O)[nH]c(=O)c1C2. The molecule has 1 aliphatic rings. The predicted octanol–water partition coefficient (Wildman–Crippen LogP) is 0.458. The van der Waals surface area contributed by atoms with Gasteiger partial charge < -0.3 is 9.84 Å². The number of carboxylic acid groups (broad SMARTS) is 1. The lowest BCUT2D eigenvalue weighted by molar-refractivity contribution is 0.0696. The van der Waals surface area contributed by atoms with E-state index in [1.54, 1.807) is 6.07 Å². The van der Waals surface area contributed by atoms with E-state index in [1.165, 1.54) is 12.1 Å². The fourth-order valence-corrected chi connectivity index (χ4v) is 1.97. The minimum atomic E-state index is -1.07. The van der Waals surface area contributed by atoms with Crippen LogP contribution in [0.3, 0.4) is 0 Å². The first-order valence-electron chi connectivity index (χ1n) is 5.44. The van der Waals surface area contributed by atoms with E-state index in [0.717, 1.165) is 0 Å². The summed E-state index contributed by atoms with van der Waals surface area (Å²) < 4.78 is 5.39. The maximum absolute atomic E-state index is 11.6. The molecule has 0 unspecified atom stereocenters. The van der Waals surface area contributed by atoms with Gasteiger partial charge in [0.2, 0.25) is 5.88 Å². The molecule has 0 radical (unpaired) electrons. The van der Waals surface area contributed by atoms with E-state index < -0.39 is 17.2 Å². The second kappa shape index (κ2) is 3.84. The van der Waals surface area contributed by atoms with Crippen molar-refractivity contribution in [3.63, 3.8) is 0 Å². The van der Waals surface area contributed by atoms with E-state index >= 15 is 0 Å². The highest BCUT2D eigenvalue weighted by Gasteiger charge is 2.22. The van der Waals surface area contributed by atoms with Crippen molar-refractivity contribution in [1.29, 1.82) is 0 Å². The van der Waals surface area contributed by atoms with Gasteiger partial charge in [-0.3, -0.25) is 14.8 Å². The Hall–Kier alpha value is -2.83. The number of nitrogens with one attached hydrogen (secondary N) is 2. The Bertz CT molecular complexity index is 802. The molecule has 1 aromatic heterocycles. The molecule has 0 fully saturated rings. The molecule has 3 N–H and O–H groups in total. The largest absolute Gasteiger partial charge is 0.478 e. The molecule has 2 heterocycles. The Labute approximate surface area is 105 Å². The smallest absolute Gasteiger partial charge is 0.335 e. The fourth-order valence-electron chi connectivity index (χ4n) is 1.97. The molecule has 96 valence electrons. The third kappa shape index (κ3) is 1.81. The average Bonchev–Trinajstić information content (AvgIpc) is 2.35. The van der Waals surface area contributed by atoms with Crippen molar-refractivity contribution >= 4 is 5.97 Å². The van der Waals surface area contributed by atoms with Gasteiger partial charge in [0.05, 0.1) is 11.1 Å². The molecular formula is C12H8N2O5. The molecule has 0 aliphatic carbocycles. The van der Waals surface area contributed by atoms with Gasteiger partial charge in [-0.2, -0.15) is 0 Å². The van der Waals surface area contributed by atoms with Crippen molar-refractivity contribution < 1.29 is 14.6 Å². The minimum Gasteiger partial charge on any atom is -0.478 e. The number of fused-ring (bicyclic) bond motifs is 2. The molecule has 0 spiro atoms. The lowest BCUT2D eigenvalue weighted by Gasteiger charge is -2.18. The molecule has 7 heteroatoms. The molecule has 0 saturated carbocycles. The Morgan fingerprint density at radius 2 is 2.05 bits per heavy atom. The van der Waals surface area contributed by atoms with Gasteiger partial charge >= 0.3 is 11.7 Å². The van der Waals surface area contributed by atoms with E-state index in [4.69, 9.17) is 9.84 Å². The van der Waals surface area contributed by atoms with Crippen LogP contribution >= 0.6 is 0 Å². The second-order valence-corrected chi connectivity index (χ2v) is 4.12. The molecule has 7 nitrogen and oxygen atoms in total. The van der Waals surface area contributed by atoms with Gasteiger partial charge in [0.25, 0.3) is 5.56 Å². The molecule has 3 rings (SSSR count). The van der Waals surface area contributed by atoms with Crippen LogP contribution < -0.4 is 16.0 Å². The van der Waals surface area contributed by atoms with E-state index in [9.17, 15) is 14.4 Å². The number of benzene rings is 1. The molecular weight excluding hydrogens is 252 g/mol. The minimum absolute atomic E-state index is 0.0591. The van der Waals surface area contributed by atoms with Crippen molar-refractivity contribution in [1.82, 2.24) is 9.97 Å². The zero-order chi connectivity index (χ0) is 13.6. The summed E-state index contributed by atoms with van der Waals surface area (Å²) in [6, 6.07) is 4.39. The third-order valence-corrected chi connectivity index (χ3v) is 2.90. The summed E-state index contributed by atoms with van der Waals surface area (Å²) >= 11 is 0. The van der Waals surface area contributed by atoms with Crippen molar-refractivity contribution in [2.75, 3.05) is 0 Å². The van der Waals surface area contributed by atoms with Crippen LogP contribution in [0.1, 0.15) is 21.5 Å². The molecule has 19 heavy (non-hydrogen) atoms. The zero-order valence-electron chi connectivity index (χ0n) is 9.52. The van der Waals surface area contributed by atoms with Crippen molar-refractivity contribution in [2.24, 2.45) is 0 Å². The highest BCUT2D eigenvalue weighted by Crippen LogP contribution is 2.33. The summed E-state index contributed by atoms with van der Waals surface area (Å²) in [7, 11) is 0. The van der Waals surface area contributed by atoms with Crippen LogP contribution in [0.5, 0.6) is 11.6 Å². The molecule has 0 saturated heterocycles. The van der Waals surface area contributed by atoms with Gasteiger partial charge in [0, 0.05) is 6.42 Å². The van der Waals surface area contributed by atoms with E-state index in [2.05, 4.69) is 9.97 Å². The Balaban J connectivity index is 2.14. The topological polar surface area (TPSA) is 112 Å². The molecule has 0 bridgehead atoms. The van der Waals surface area contributed by atoms with Crippen LogP contribution in [0.2, 0.25) is 0 Å². The van der Waals surface area contributed by atoms with E-state index in [0.29, 0.717) is 16.9 Å². The van der Waals surface area contributed by atoms with E-state index in [1.807, 2.05) is 0 Å². The summed E-state index contributed by atoms with van der Waals surface area (Å²) in [4.78, 5) is 38.2. The summed E-state index contributed by atoms with van der Waals surface area (Å²) in [6.07, 6.45) is 0.274. The normalized spacial score (nSPS) is 12.2. The first kappa shape index (κ1) is 11.3. The number of rotatable bonds is 1. The summed E-state index contributed by atoms with van der Waals surface area (Å²) in [5, 5.41) is 8.90. The van der Waals surface area contributed by atoms with Crippen molar-refractivity contribution in [3.05, 3.63) is 55.7 Å². The van der Waals surface area contributed by atoms with E-state index in [-0.39, 0.29) is 17.9 Å². The molecule has 2 aromatic rings. The van der Waals surface area contributed by atoms with Gasteiger partial charge in [-0.25, -0.2) is 9.59 Å². The van der Waals surface area contributed by atoms with Gasteiger partial charge in [0.15, 0.2) is 0 Å². The molecule has 0 atom stereocenters. The number of aromatic carboxylic acids is 1. The highest BCUT2D eigenvalue weighted by molar-refractivity contribution is 5.88. The van der Waals surface area contributed by atoms with Gasteiger partial charge in [0.1, 0.15) is 5.75 Å². The number of carbonyl (C=O) groups is 1. The van der Waals surface area contributed by atoms with Gasteiger partial charge in [-0.05, 0) is 17.7 Å². The third-order valence-electron chi connectivity index (χ3n) is 2.90. The number of hydrogen-bond acceptors (Lipinski definition) is 4. The number of aromatic nitrogens is 2. The predicted molar refractivity (Wildman–Crippen MR) is 64.0 cm³/mol. The van der Waals surface area contributed by atoms with Crippen LogP contribution in [0.25, 0.3) is 0 Å². The molecule has 1 aliphatic heterocycles. The Morgan fingerprint density at radius 3 is 2.79 bits per heavy atom. The summed E-state index contributed by atoms with van der Waals surface area (Å²) in [5.74, 6) is -0.686. The number of aromatic amines is 2. The summed E-state index contributed by atoms with van der Waals surface area (Å²) in [5.41, 5.74) is -0.0899. The van der Waals surface area contributed by atoms with Crippen molar-refractivity contribution in [2.45, 2.75) is 6.42 Å². The first-order valence-corrected chi connectivity index (χ1v) is 5.44. The first-order chi connectivity index (χ1) is 9.04. The fraction of sp³-hybridized carbons (Fsp3) is 0.0833. The zero-order valence-corrected chi connectivity index (χ0v) is 9.52. The standard InChI is InChI=1S/C12H8N2O5/c15-9-7-3-5-1-2-6(11(16)17)4-8(5)19-10(7)14-12(18)13-9/h1-2,4H,3H2,(H,16,17)(H2,13,14,15,18). The van der Waals surface area contributed by atoms with Crippen LogP contribution in [-0.4, -0.2) is 21.0 Å². The van der Waals surface area contributed by atoms with Crippen LogP contribution in [0.15, 0.2) is 27.8 Å². The maximum Gasteiger partial charge on any atom is 0.335 e. The lowest BCUT2D eigenvalue weighted by atomic mass is 10.0. The number of carboxylic acids is 1. The number of ether oxygens (including phenoxy) is 1. The number of hydrogen-bond donors (Lipinski definition) is 3. The van der Waals surface area contributed by atoms with Crippen molar-refractivity contribution in [3.8, 4) is 11.6 Å². The summed E-state index contributed by atoms with van der Waals surface area (Å²) in [6.45, 7) is 0. The molecule has 0 amide bonds. The lowest BCUT2D eigenvalue weighted by Crippen LogP contribution is -2.28. The number of H-pyrrole nitrogens is 2. The van der Waals surface area contributed by atoms with Crippen LogP contribution in [-0.2, 0) is 6.42 Å². The van der Waals surface area contributed by atoms with Gasteiger partial charge in [-0.15, -0.1) is 0 Å². The van der Waals surface area contributed by atoms with Gasteiger partial charge in [-0.1, -0.05) is 6.07 Å². The van der Waals surface area contributed by atoms with Crippen LogP contribution in [0.4, 0.5) is 0 Å². The quantitative estimate of drug-likeness (QED) is 0.588. The Morgan fingerprint density at radius 1 is 1.26 bits per heavy atom. The Kier molecular flexibility index (Phi) is 2.28. The maximum atomic E-state index is 11.6.